The zero-order chi connectivity index (χ0) is 17.8. The van der Waals surface area contributed by atoms with Gasteiger partial charge in [0.05, 0.1) is 5.69 Å². The molecule has 0 atom stereocenters. The van der Waals surface area contributed by atoms with Crippen molar-refractivity contribution >= 4 is 11.6 Å². The van der Waals surface area contributed by atoms with E-state index in [1.165, 1.54) is 6.33 Å². The van der Waals surface area contributed by atoms with E-state index in [2.05, 4.69) is 20.8 Å². The standard InChI is InChI=1S/C18H19N5O2/c1-12-4-7-17(14(3)8-12)25-10-18(24)20-15-5-6-16(13(2)9-15)23-11-19-21-22-23/h4-9,11H,10H2,1-3H3,(H,20,24). The quantitative estimate of drug-likeness (QED) is 0.774. The molecule has 3 rings (SSSR count). The smallest absolute Gasteiger partial charge is 0.262 e. The Labute approximate surface area is 145 Å². The van der Waals surface area contributed by atoms with Crippen molar-refractivity contribution in [1.82, 2.24) is 20.2 Å². The first-order valence-corrected chi connectivity index (χ1v) is 7.87. The highest BCUT2D eigenvalue weighted by atomic mass is 16.5. The minimum Gasteiger partial charge on any atom is -0.483 e. The second kappa shape index (κ2) is 7.12. The number of rotatable bonds is 5. The van der Waals surface area contributed by atoms with E-state index in [0.29, 0.717) is 11.4 Å². The monoisotopic (exact) mass is 337 g/mol. The normalized spacial score (nSPS) is 10.5. The van der Waals surface area contributed by atoms with E-state index in [1.54, 1.807) is 10.7 Å². The maximum Gasteiger partial charge on any atom is 0.262 e. The van der Waals surface area contributed by atoms with E-state index in [1.807, 2.05) is 51.1 Å². The Morgan fingerprint density at radius 2 is 1.96 bits per heavy atom. The highest BCUT2D eigenvalue weighted by Gasteiger charge is 2.08. The van der Waals surface area contributed by atoms with Crippen molar-refractivity contribution in [3.8, 4) is 11.4 Å². The summed E-state index contributed by atoms with van der Waals surface area (Å²) >= 11 is 0. The van der Waals surface area contributed by atoms with Gasteiger partial charge in [-0.2, -0.15) is 0 Å². The van der Waals surface area contributed by atoms with Crippen LogP contribution in [0.2, 0.25) is 0 Å². The lowest BCUT2D eigenvalue weighted by Gasteiger charge is -2.11. The molecule has 0 saturated heterocycles. The van der Waals surface area contributed by atoms with Gasteiger partial charge >= 0.3 is 0 Å². The number of aryl methyl sites for hydroxylation is 3. The maximum absolute atomic E-state index is 12.1. The van der Waals surface area contributed by atoms with Crippen molar-refractivity contribution in [3.63, 3.8) is 0 Å². The Balaban J connectivity index is 1.62. The number of amides is 1. The molecule has 0 fully saturated rings. The number of carbonyl (C=O) groups is 1. The molecule has 7 heteroatoms. The lowest BCUT2D eigenvalue weighted by atomic mass is 10.1. The summed E-state index contributed by atoms with van der Waals surface area (Å²) in [6, 6.07) is 11.4. The van der Waals surface area contributed by atoms with Crippen molar-refractivity contribution in [2.75, 3.05) is 11.9 Å². The number of anilines is 1. The molecule has 0 radical (unpaired) electrons. The second-order valence-corrected chi connectivity index (χ2v) is 5.86. The predicted molar refractivity (Wildman–Crippen MR) is 93.9 cm³/mol. The molecule has 1 amide bonds. The number of aromatic nitrogens is 4. The number of ether oxygens (including phenoxy) is 1. The molecule has 0 spiro atoms. The van der Waals surface area contributed by atoms with Crippen LogP contribution in [0.15, 0.2) is 42.7 Å². The Morgan fingerprint density at radius 3 is 2.64 bits per heavy atom. The Hall–Kier alpha value is -3.22. The summed E-state index contributed by atoms with van der Waals surface area (Å²) in [5.74, 6) is 0.500. The Bertz CT molecular complexity index is 890. The van der Waals surface area contributed by atoms with Gasteiger partial charge in [0.25, 0.3) is 5.91 Å². The van der Waals surface area contributed by atoms with Crippen LogP contribution in [-0.2, 0) is 4.79 Å². The number of hydrogen-bond donors (Lipinski definition) is 1. The largest absolute Gasteiger partial charge is 0.483 e. The summed E-state index contributed by atoms with van der Waals surface area (Å²) in [7, 11) is 0. The summed E-state index contributed by atoms with van der Waals surface area (Å²) < 4.78 is 7.17. The topological polar surface area (TPSA) is 81.9 Å². The number of hydrogen-bond acceptors (Lipinski definition) is 5. The van der Waals surface area contributed by atoms with Crippen LogP contribution in [0.1, 0.15) is 16.7 Å². The van der Waals surface area contributed by atoms with Crippen LogP contribution < -0.4 is 10.1 Å². The lowest BCUT2D eigenvalue weighted by Crippen LogP contribution is -2.20. The van der Waals surface area contributed by atoms with E-state index in [0.717, 1.165) is 22.4 Å². The fourth-order valence-corrected chi connectivity index (χ4v) is 2.56. The van der Waals surface area contributed by atoms with E-state index < -0.39 is 0 Å². The first kappa shape index (κ1) is 16.6. The molecule has 0 aliphatic heterocycles. The fraction of sp³-hybridized carbons (Fsp3) is 0.222. The molecule has 2 aromatic carbocycles. The Morgan fingerprint density at radius 1 is 1.12 bits per heavy atom. The summed E-state index contributed by atoms with van der Waals surface area (Å²) in [5, 5.41) is 13.9. The van der Waals surface area contributed by atoms with Crippen LogP contribution in [-0.4, -0.2) is 32.7 Å². The van der Waals surface area contributed by atoms with Gasteiger partial charge in [-0.15, -0.1) is 5.10 Å². The van der Waals surface area contributed by atoms with Crippen LogP contribution in [0.3, 0.4) is 0 Å². The number of nitrogens with one attached hydrogen (secondary N) is 1. The van der Waals surface area contributed by atoms with Crippen molar-refractivity contribution in [2.45, 2.75) is 20.8 Å². The molecule has 25 heavy (non-hydrogen) atoms. The lowest BCUT2D eigenvalue weighted by molar-refractivity contribution is -0.118. The molecule has 3 aromatic rings. The summed E-state index contributed by atoms with van der Waals surface area (Å²) in [6.07, 6.45) is 1.53. The molecule has 1 N–H and O–H groups in total. The molecule has 1 heterocycles. The summed E-state index contributed by atoms with van der Waals surface area (Å²) in [4.78, 5) is 12.1. The highest BCUT2D eigenvalue weighted by Crippen LogP contribution is 2.20. The van der Waals surface area contributed by atoms with E-state index in [9.17, 15) is 4.79 Å². The molecule has 128 valence electrons. The maximum atomic E-state index is 12.1. The molecule has 1 aromatic heterocycles. The van der Waals surface area contributed by atoms with Gasteiger partial charge in [0.2, 0.25) is 0 Å². The number of benzene rings is 2. The molecule has 0 saturated carbocycles. The van der Waals surface area contributed by atoms with Gasteiger partial charge < -0.3 is 10.1 Å². The molecular formula is C18H19N5O2. The van der Waals surface area contributed by atoms with Crippen LogP contribution in [0.5, 0.6) is 5.75 Å². The highest BCUT2D eigenvalue weighted by molar-refractivity contribution is 5.92. The van der Waals surface area contributed by atoms with Gasteiger partial charge in [-0.25, -0.2) is 4.68 Å². The van der Waals surface area contributed by atoms with Crippen LogP contribution in [0.25, 0.3) is 5.69 Å². The number of tetrazole rings is 1. The zero-order valence-corrected chi connectivity index (χ0v) is 14.4. The van der Waals surface area contributed by atoms with Gasteiger partial charge in [-0.3, -0.25) is 4.79 Å². The zero-order valence-electron chi connectivity index (χ0n) is 14.4. The first-order valence-electron chi connectivity index (χ1n) is 7.87. The molecular weight excluding hydrogens is 318 g/mol. The number of nitrogens with zero attached hydrogens (tertiary/aromatic N) is 4. The third-order valence-electron chi connectivity index (χ3n) is 3.77. The van der Waals surface area contributed by atoms with E-state index in [-0.39, 0.29) is 12.5 Å². The average Bonchev–Trinajstić information content (AvgIpc) is 3.08. The second-order valence-electron chi connectivity index (χ2n) is 5.86. The predicted octanol–water partition coefficient (Wildman–Crippen LogP) is 2.61. The van der Waals surface area contributed by atoms with Crippen LogP contribution in [0, 0.1) is 20.8 Å². The van der Waals surface area contributed by atoms with Gasteiger partial charge in [0.15, 0.2) is 6.61 Å². The SMILES string of the molecule is Cc1ccc(OCC(=O)Nc2ccc(-n3cnnn3)c(C)c2)c(C)c1. The van der Waals surface area contributed by atoms with Crippen molar-refractivity contribution in [2.24, 2.45) is 0 Å². The fourth-order valence-electron chi connectivity index (χ4n) is 2.56. The van der Waals surface area contributed by atoms with Gasteiger partial charge in [0.1, 0.15) is 12.1 Å². The molecule has 0 aliphatic rings. The third-order valence-corrected chi connectivity index (χ3v) is 3.77. The van der Waals surface area contributed by atoms with Crippen LogP contribution >= 0.6 is 0 Å². The summed E-state index contributed by atoms with van der Waals surface area (Å²) in [5.41, 5.74) is 4.67. The Kier molecular flexibility index (Phi) is 4.74. The van der Waals surface area contributed by atoms with E-state index in [4.69, 9.17) is 4.74 Å². The summed E-state index contributed by atoms with van der Waals surface area (Å²) in [6.45, 7) is 5.86. The average molecular weight is 337 g/mol. The minimum absolute atomic E-state index is 0.0440. The minimum atomic E-state index is -0.213. The molecule has 0 unspecified atom stereocenters. The van der Waals surface area contributed by atoms with Gasteiger partial charge in [-0.1, -0.05) is 17.7 Å². The van der Waals surface area contributed by atoms with Crippen molar-refractivity contribution in [3.05, 3.63) is 59.4 Å². The molecule has 0 bridgehead atoms. The van der Waals surface area contributed by atoms with Crippen molar-refractivity contribution < 1.29 is 9.53 Å². The number of carbonyl (C=O) groups excluding carboxylic acids is 1. The van der Waals surface area contributed by atoms with Gasteiger partial charge in [-0.05, 0) is 66.6 Å². The van der Waals surface area contributed by atoms with Crippen LogP contribution in [0.4, 0.5) is 5.69 Å². The third kappa shape index (κ3) is 4.00. The first-order chi connectivity index (χ1) is 12.0. The molecule has 0 aliphatic carbocycles. The van der Waals surface area contributed by atoms with Gasteiger partial charge in [0, 0.05) is 5.69 Å². The molecule has 7 nitrogen and oxygen atoms in total. The van der Waals surface area contributed by atoms with Crippen molar-refractivity contribution in [1.29, 1.82) is 0 Å². The van der Waals surface area contributed by atoms with E-state index >= 15 is 0 Å².